The molecule has 4 heteroatoms. The van der Waals surface area contributed by atoms with Crippen molar-refractivity contribution in [1.82, 2.24) is 0 Å². The van der Waals surface area contributed by atoms with Gasteiger partial charge in [0.05, 0.1) is 0 Å². The van der Waals surface area contributed by atoms with E-state index in [1.807, 2.05) is 13.0 Å². The number of aliphatic imine (C=N–C) groups is 1. The molecule has 1 unspecified atom stereocenters. The zero-order valence-electron chi connectivity index (χ0n) is 6.31. The van der Waals surface area contributed by atoms with Gasteiger partial charge in [0.1, 0.15) is 0 Å². The molecule has 0 aromatic heterocycles. The minimum absolute atomic E-state index is 0.252. The molecule has 0 aromatic carbocycles. The third-order valence-corrected chi connectivity index (χ3v) is 1.44. The third-order valence-electron chi connectivity index (χ3n) is 1.44. The van der Waals surface area contributed by atoms with Gasteiger partial charge in [0.25, 0.3) is 0 Å². The van der Waals surface area contributed by atoms with Gasteiger partial charge in [0, 0.05) is 23.8 Å². The molecule has 11 heavy (non-hydrogen) atoms. The fraction of sp³-hybridized carbons (Fsp3) is 0.286. The summed E-state index contributed by atoms with van der Waals surface area (Å²) >= 11 is 0. The summed E-state index contributed by atoms with van der Waals surface area (Å²) in [4.78, 5) is 3.88. The molecular formula is C7H10BNO2. The van der Waals surface area contributed by atoms with Crippen molar-refractivity contribution < 1.29 is 10.0 Å². The highest BCUT2D eigenvalue weighted by atomic mass is 16.4. The molecule has 0 saturated carbocycles. The minimum Gasteiger partial charge on any atom is -0.423 e. The van der Waals surface area contributed by atoms with Crippen LogP contribution in [0.15, 0.2) is 28.8 Å². The first-order valence-electron chi connectivity index (χ1n) is 3.48. The molecule has 1 rings (SSSR count). The van der Waals surface area contributed by atoms with E-state index in [0.29, 0.717) is 5.47 Å². The van der Waals surface area contributed by atoms with Crippen LogP contribution in [-0.2, 0) is 0 Å². The van der Waals surface area contributed by atoms with Gasteiger partial charge in [0.15, 0.2) is 0 Å². The highest BCUT2D eigenvalue weighted by Gasteiger charge is 2.12. The molecule has 0 radical (unpaired) electrons. The second-order valence-corrected chi connectivity index (χ2v) is 2.52. The average molecular weight is 151 g/mol. The fourth-order valence-electron chi connectivity index (χ4n) is 0.773. The van der Waals surface area contributed by atoms with E-state index in [-0.39, 0.29) is 5.92 Å². The molecule has 0 amide bonds. The van der Waals surface area contributed by atoms with E-state index in [0.717, 1.165) is 0 Å². The number of allylic oxidation sites excluding steroid dienone is 3. The van der Waals surface area contributed by atoms with Gasteiger partial charge in [0.2, 0.25) is 0 Å². The topological polar surface area (TPSA) is 52.8 Å². The molecule has 0 aromatic rings. The molecule has 1 atom stereocenters. The first-order chi connectivity index (χ1) is 5.20. The predicted octanol–water partition coefficient (Wildman–Crippen LogP) is 0.159. The molecule has 1 aliphatic heterocycles. The molecule has 0 fully saturated rings. The van der Waals surface area contributed by atoms with Crippen molar-refractivity contribution in [2.45, 2.75) is 6.92 Å². The first-order valence-corrected chi connectivity index (χ1v) is 3.48. The normalized spacial score (nSPS) is 22.8. The molecular weight excluding hydrogens is 141 g/mol. The van der Waals surface area contributed by atoms with Crippen molar-refractivity contribution in [3.63, 3.8) is 0 Å². The summed E-state index contributed by atoms with van der Waals surface area (Å²) in [6, 6.07) is 0. The number of hydrogen-bond donors (Lipinski definition) is 2. The van der Waals surface area contributed by atoms with Crippen LogP contribution in [0.3, 0.4) is 0 Å². The molecule has 1 heterocycles. The molecule has 1 aliphatic rings. The van der Waals surface area contributed by atoms with Gasteiger partial charge < -0.3 is 10.0 Å². The number of hydrogen-bond acceptors (Lipinski definition) is 3. The summed E-state index contributed by atoms with van der Waals surface area (Å²) < 4.78 is 0. The van der Waals surface area contributed by atoms with Crippen LogP contribution in [0.4, 0.5) is 0 Å². The van der Waals surface area contributed by atoms with Gasteiger partial charge in [-0.25, -0.2) is 0 Å². The van der Waals surface area contributed by atoms with Crippen molar-refractivity contribution >= 4 is 13.3 Å². The zero-order chi connectivity index (χ0) is 8.27. The Morgan fingerprint density at radius 2 is 2.27 bits per heavy atom. The summed E-state index contributed by atoms with van der Waals surface area (Å²) in [6.45, 7) is 1.97. The van der Waals surface area contributed by atoms with Crippen LogP contribution in [0.2, 0.25) is 0 Å². The van der Waals surface area contributed by atoms with Crippen LogP contribution < -0.4 is 0 Å². The molecule has 2 N–H and O–H groups in total. The maximum absolute atomic E-state index is 8.75. The summed E-state index contributed by atoms with van der Waals surface area (Å²) in [7, 11) is -1.42. The van der Waals surface area contributed by atoms with Gasteiger partial charge in [-0.05, 0) is 0 Å². The molecule has 0 spiro atoms. The molecule has 58 valence electrons. The molecule has 0 saturated heterocycles. The van der Waals surface area contributed by atoms with E-state index >= 15 is 0 Å². The second-order valence-electron chi connectivity index (χ2n) is 2.52. The van der Waals surface area contributed by atoms with Crippen LogP contribution in [0.5, 0.6) is 0 Å². The lowest BCUT2D eigenvalue weighted by atomic mass is 9.80. The molecule has 0 aliphatic carbocycles. The monoisotopic (exact) mass is 151 g/mol. The van der Waals surface area contributed by atoms with Crippen LogP contribution in [0.1, 0.15) is 6.92 Å². The Kier molecular flexibility index (Phi) is 2.62. The van der Waals surface area contributed by atoms with E-state index in [1.54, 1.807) is 12.3 Å². The van der Waals surface area contributed by atoms with Crippen molar-refractivity contribution in [2.24, 2.45) is 10.9 Å². The number of rotatable bonds is 1. The zero-order valence-corrected chi connectivity index (χ0v) is 6.31. The Balaban J connectivity index is 2.76. The summed E-state index contributed by atoms with van der Waals surface area (Å²) in [5.74, 6) is 0.252. The SMILES string of the molecule is CC1C=CC(B(O)O)=CN=C1. The van der Waals surface area contributed by atoms with Crippen LogP contribution >= 0.6 is 0 Å². The lowest BCUT2D eigenvalue weighted by Gasteiger charge is -1.95. The Morgan fingerprint density at radius 1 is 1.55 bits per heavy atom. The van der Waals surface area contributed by atoms with Crippen LogP contribution in [0, 0.1) is 5.92 Å². The van der Waals surface area contributed by atoms with Crippen LogP contribution in [0.25, 0.3) is 0 Å². The molecule has 3 nitrogen and oxygen atoms in total. The van der Waals surface area contributed by atoms with E-state index in [2.05, 4.69) is 4.99 Å². The van der Waals surface area contributed by atoms with Gasteiger partial charge in [-0.15, -0.1) is 0 Å². The van der Waals surface area contributed by atoms with E-state index in [1.165, 1.54) is 6.20 Å². The lowest BCUT2D eigenvalue weighted by Crippen LogP contribution is -2.13. The highest BCUT2D eigenvalue weighted by molar-refractivity contribution is 6.51. The van der Waals surface area contributed by atoms with Gasteiger partial charge in [-0.3, -0.25) is 4.99 Å². The van der Waals surface area contributed by atoms with Gasteiger partial charge in [-0.2, -0.15) is 0 Å². The standard InChI is InChI=1S/C7H10BNO2/c1-6-2-3-7(8(10)11)5-9-4-6/h2-6,10-11H,1H3. The van der Waals surface area contributed by atoms with Crippen molar-refractivity contribution in [3.05, 3.63) is 23.8 Å². The summed E-state index contributed by atoms with van der Waals surface area (Å²) in [6.07, 6.45) is 6.72. The van der Waals surface area contributed by atoms with Crippen molar-refractivity contribution in [1.29, 1.82) is 0 Å². The maximum atomic E-state index is 8.75. The lowest BCUT2D eigenvalue weighted by molar-refractivity contribution is 0.420. The highest BCUT2D eigenvalue weighted by Crippen LogP contribution is 2.06. The first kappa shape index (κ1) is 8.23. The van der Waals surface area contributed by atoms with E-state index < -0.39 is 7.12 Å². The maximum Gasteiger partial charge on any atom is 0.489 e. The quantitative estimate of drug-likeness (QED) is 0.524. The Bertz CT molecular complexity index is 220. The summed E-state index contributed by atoms with van der Waals surface area (Å²) in [5.41, 5.74) is 0.422. The Morgan fingerprint density at radius 3 is 2.91 bits per heavy atom. The molecule has 0 bridgehead atoms. The largest absolute Gasteiger partial charge is 0.489 e. The Hall–Kier alpha value is -0.865. The third kappa shape index (κ3) is 2.33. The fourth-order valence-corrected chi connectivity index (χ4v) is 0.773. The van der Waals surface area contributed by atoms with Crippen molar-refractivity contribution in [3.8, 4) is 0 Å². The Labute approximate surface area is 65.9 Å². The van der Waals surface area contributed by atoms with E-state index in [9.17, 15) is 0 Å². The van der Waals surface area contributed by atoms with E-state index in [4.69, 9.17) is 10.0 Å². The summed E-state index contributed by atoms with van der Waals surface area (Å²) in [5, 5.41) is 17.5. The van der Waals surface area contributed by atoms with Gasteiger partial charge in [-0.1, -0.05) is 19.1 Å². The average Bonchev–Trinajstić information content (AvgIpc) is 2.13. The second kappa shape index (κ2) is 3.50. The van der Waals surface area contributed by atoms with Crippen molar-refractivity contribution in [2.75, 3.05) is 0 Å². The van der Waals surface area contributed by atoms with Crippen LogP contribution in [-0.4, -0.2) is 23.4 Å². The smallest absolute Gasteiger partial charge is 0.423 e. The minimum atomic E-state index is -1.42. The number of nitrogens with zero attached hydrogens (tertiary/aromatic N) is 1. The predicted molar refractivity (Wildman–Crippen MR) is 45.1 cm³/mol. The van der Waals surface area contributed by atoms with Gasteiger partial charge >= 0.3 is 7.12 Å².